The number of rotatable bonds is 2. The highest BCUT2D eigenvalue weighted by atomic mass is 35.5. The van der Waals surface area contributed by atoms with Crippen molar-refractivity contribution in [3.63, 3.8) is 0 Å². The molecule has 2 aromatic carbocycles. The third-order valence-electron chi connectivity index (χ3n) is 2.77. The lowest BCUT2D eigenvalue weighted by Gasteiger charge is -2.10. The number of carbonyl (C=O) groups excluding carboxylic acids is 1. The van der Waals surface area contributed by atoms with Gasteiger partial charge in [0.2, 0.25) is 0 Å². The van der Waals surface area contributed by atoms with Gasteiger partial charge >= 0.3 is 0 Å². The second-order valence-electron chi connectivity index (χ2n) is 4.27. The third-order valence-corrected chi connectivity index (χ3v) is 3.39. The van der Waals surface area contributed by atoms with Gasteiger partial charge in [-0.05, 0) is 42.8 Å². The predicted molar refractivity (Wildman–Crippen MR) is 80.0 cm³/mol. The van der Waals surface area contributed by atoms with Gasteiger partial charge in [-0.2, -0.15) is 0 Å². The minimum Gasteiger partial charge on any atom is -0.398 e. The number of benzene rings is 2. The summed E-state index contributed by atoms with van der Waals surface area (Å²) in [6.45, 7) is 1.79. The third kappa shape index (κ3) is 3.03. The van der Waals surface area contributed by atoms with Crippen molar-refractivity contribution in [2.75, 3.05) is 11.1 Å². The van der Waals surface area contributed by atoms with Gasteiger partial charge in [0.15, 0.2) is 0 Å². The van der Waals surface area contributed by atoms with E-state index in [0.717, 1.165) is 11.6 Å². The molecular weight excluding hydrogens is 302 g/mol. The molecule has 3 nitrogen and oxygen atoms in total. The van der Waals surface area contributed by atoms with Crippen molar-refractivity contribution in [2.45, 2.75) is 6.92 Å². The number of hydrogen-bond donors (Lipinski definition) is 2. The van der Waals surface area contributed by atoms with Crippen LogP contribution in [0.4, 0.5) is 15.8 Å². The van der Waals surface area contributed by atoms with Gasteiger partial charge in [0, 0.05) is 11.3 Å². The van der Waals surface area contributed by atoms with Crippen LogP contribution in [-0.4, -0.2) is 5.91 Å². The molecule has 2 rings (SSSR count). The highest BCUT2D eigenvalue weighted by Gasteiger charge is 2.11. The van der Waals surface area contributed by atoms with Gasteiger partial charge in [0.1, 0.15) is 5.82 Å². The first-order valence-electron chi connectivity index (χ1n) is 5.70. The largest absolute Gasteiger partial charge is 0.398 e. The maximum Gasteiger partial charge on any atom is 0.255 e. The van der Waals surface area contributed by atoms with Crippen molar-refractivity contribution >= 4 is 40.5 Å². The summed E-state index contributed by atoms with van der Waals surface area (Å²) >= 11 is 11.6. The van der Waals surface area contributed by atoms with Gasteiger partial charge < -0.3 is 11.1 Å². The summed E-state index contributed by atoms with van der Waals surface area (Å²) in [7, 11) is 0. The van der Waals surface area contributed by atoms with Crippen LogP contribution >= 0.6 is 23.2 Å². The van der Waals surface area contributed by atoms with Gasteiger partial charge in [-0.15, -0.1) is 0 Å². The molecule has 20 heavy (non-hydrogen) atoms. The van der Waals surface area contributed by atoms with Gasteiger partial charge in [0.05, 0.1) is 15.7 Å². The molecular formula is C14H11Cl2FN2O. The van der Waals surface area contributed by atoms with Gasteiger partial charge in [-0.25, -0.2) is 4.39 Å². The molecule has 0 saturated carbocycles. The van der Waals surface area contributed by atoms with E-state index in [9.17, 15) is 9.18 Å². The van der Waals surface area contributed by atoms with E-state index >= 15 is 0 Å². The number of aryl methyl sites for hydroxylation is 1. The maximum atomic E-state index is 13.1. The van der Waals surface area contributed by atoms with E-state index < -0.39 is 11.7 Å². The van der Waals surface area contributed by atoms with Crippen molar-refractivity contribution in [3.8, 4) is 0 Å². The molecule has 2 aromatic rings. The molecule has 0 heterocycles. The summed E-state index contributed by atoms with van der Waals surface area (Å²) in [6, 6.07) is 6.98. The summed E-state index contributed by atoms with van der Waals surface area (Å²) < 4.78 is 13.1. The number of carbonyl (C=O) groups is 1. The van der Waals surface area contributed by atoms with E-state index in [-0.39, 0.29) is 10.6 Å². The van der Waals surface area contributed by atoms with E-state index in [1.165, 1.54) is 12.1 Å². The summed E-state index contributed by atoms with van der Waals surface area (Å²) in [5.41, 5.74) is 7.66. The van der Waals surface area contributed by atoms with Crippen molar-refractivity contribution in [1.29, 1.82) is 0 Å². The molecule has 0 unspecified atom stereocenters. The Bertz CT molecular complexity index is 689. The van der Waals surface area contributed by atoms with Crippen molar-refractivity contribution in [1.82, 2.24) is 0 Å². The number of halogens is 3. The average Bonchev–Trinajstić information content (AvgIpc) is 2.39. The number of anilines is 2. The molecule has 104 valence electrons. The Morgan fingerprint density at radius 1 is 1.20 bits per heavy atom. The minimum atomic E-state index is -0.574. The highest BCUT2D eigenvalue weighted by molar-refractivity contribution is 6.33. The molecule has 6 heteroatoms. The van der Waals surface area contributed by atoms with E-state index in [0.29, 0.717) is 16.4 Å². The lowest BCUT2D eigenvalue weighted by Crippen LogP contribution is -2.13. The molecule has 0 radical (unpaired) electrons. The van der Waals surface area contributed by atoms with E-state index in [1.54, 1.807) is 19.1 Å². The molecule has 0 bridgehead atoms. The monoisotopic (exact) mass is 312 g/mol. The van der Waals surface area contributed by atoms with Crippen LogP contribution in [0.3, 0.4) is 0 Å². The molecule has 0 aliphatic carbocycles. The van der Waals surface area contributed by atoms with Gasteiger partial charge in [-0.1, -0.05) is 23.2 Å². The first-order valence-corrected chi connectivity index (χ1v) is 6.46. The Kier molecular flexibility index (Phi) is 4.16. The zero-order valence-corrected chi connectivity index (χ0v) is 12.0. The lowest BCUT2D eigenvalue weighted by atomic mass is 10.1. The molecule has 1 amide bonds. The first kappa shape index (κ1) is 14.6. The Morgan fingerprint density at radius 3 is 2.55 bits per heavy atom. The quantitative estimate of drug-likeness (QED) is 0.813. The predicted octanol–water partition coefficient (Wildman–Crippen LogP) is 4.28. The summed E-state index contributed by atoms with van der Waals surface area (Å²) in [5, 5.41) is 2.92. The maximum absolute atomic E-state index is 13.1. The van der Waals surface area contributed by atoms with Gasteiger partial charge in [0.25, 0.3) is 5.91 Å². The van der Waals surface area contributed by atoms with Crippen LogP contribution in [0.25, 0.3) is 0 Å². The Hall–Kier alpha value is -1.78. The molecule has 0 aliphatic heterocycles. The summed E-state index contributed by atoms with van der Waals surface area (Å²) in [5.74, 6) is -0.981. The number of hydrogen-bond acceptors (Lipinski definition) is 2. The molecule has 0 aromatic heterocycles. The Morgan fingerprint density at radius 2 is 1.90 bits per heavy atom. The smallest absolute Gasteiger partial charge is 0.255 e. The Balaban J connectivity index is 2.27. The van der Waals surface area contributed by atoms with Crippen LogP contribution in [0.5, 0.6) is 0 Å². The molecule has 0 aliphatic rings. The summed E-state index contributed by atoms with van der Waals surface area (Å²) in [4.78, 5) is 12.1. The van der Waals surface area contributed by atoms with Gasteiger partial charge in [-0.3, -0.25) is 4.79 Å². The van der Waals surface area contributed by atoms with Crippen LogP contribution in [0.2, 0.25) is 10.0 Å². The van der Waals surface area contributed by atoms with Crippen LogP contribution in [-0.2, 0) is 0 Å². The highest BCUT2D eigenvalue weighted by Crippen LogP contribution is 2.27. The molecule has 3 N–H and O–H groups in total. The van der Waals surface area contributed by atoms with Crippen molar-refractivity contribution in [2.24, 2.45) is 0 Å². The standard InChI is InChI=1S/C14H11Cl2FN2O/c1-7-4-12(18)10(16)6-13(7)19-14(20)8-2-3-11(17)9(15)5-8/h2-6H,18H2,1H3,(H,19,20). The summed E-state index contributed by atoms with van der Waals surface area (Å²) in [6.07, 6.45) is 0. The molecule has 0 fully saturated rings. The fourth-order valence-electron chi connectivity index (χ4n) is 1.67. The average molecular weight is 313 g/mol. The normalized spacial score (nSPS) is 10.4. The zero-order chi connectivity index (χ0) is 14.9. The Labute approximate surface area is 125 Å². The molecule has 0 saturated heterocycles. The minimum absolute atomic E-state index is 0.107. The van der Waals surface area contributed by atoms with Crippen LogP contribution in [0.1, 0.15) is 15.9 Å². The molecule has 0 spiro atoms. The van der Waals surface area contributed by atoms with Crippen LogP contribution < -0.4 is 11.1 Å². The van der Waals surface area contributed by atoms with E-state index in [1.807, 2.05) is 0 Å². The second-order valence-corrected chi connectivity index (χ2v) is 5.09. The number of nitrogens with one attached hydrogen (secondary N) is 1. The van der Waals surface area contributed by atoms with E-state index in [2.05, 4.69) is 5.32 Å². The SMILES string of the molecule is Cc1cc(N)c(Cl)cc1NC(=O)c1ccc(F)c(Cl)c1. The lowest BCUT2D eigenvalue weighted by molar-refractivity contribution is 0.102. The van der Waals surface area contributed by atoms with Crippen molar-refractivity contribution in [3.05, 3.63) is 57.3 Å². The van der Waals surface area contributed by atoms with Crippen molar-refractivity contribution < 1.29 is 9.18 Å². The van der Waals surface area contributed by atoms with Crippen LogP contribution in [0, 0.1) is 12.7 Å². The fourth-order valence-corrected chi connectivity index (χ4v) is 2.01. The number of nitrogen functional groups attached to an aromatic ring is 1. The topological polar surface area (TPSA) is 55.1 Å². The van der Waals surface area contributed by atoms with E-state index in [4.69, 9.17) is 28.9 Å². The number of amides is 1. The fraction of sp³-hybridized carbons (Fsp3) is 0.0714. The first-order chi connectivity index (χ1) is 9.38. The molecule has 0 atom stereocenters. The second kappa shape index (κ2) is 5.69. The zero-order valence-electron chi connectivity index (χ0n) is 10.5. The van der Waals surface area contributed by atoms with Crippen LogP contribution in [0.15, 0.2) is 30.3 Å². The number of nitrogens with two attached hydrogens (primary N) is 1.